The Kier molecular flexibility index (Phi) is 4.99. The Morgan fingerprint density at radius 1 is 1.19 bits per heavy atom. The molecule has 0 aromatic heterocycles. The van der Waals surface area contributed by atoms with E-state index in [-0.39, 0.29) is 5.41 Å². The number of aliphatic carboxylic acids is 1. The molecule has 96 valence electrons. The van der Waals surface area contributed by atoms with Gasteiger partial charge in [-0.2, -0.15) is 0 Å². The minimum Gasteiger partial charge on any atom is -0.550 e. The molecule has 3 heteroatoms. The number of carbonyl (C=O) groups is 1. The maximum absolute atomic E-state index is 11.2. The van der Waals surface area contributed by atoms with Crippen LogP contribution in [0.3, 0.4) is 0 Å². The zero-order valence-electron chi connectivity index (χ0n) is 11.8. The summed E-state index contributed by atoms with van der Waals surface area (Å²) in [7, 11) is 4.17. The molecule has 3 nitrogen and oxygen atoms in total. The van der Waals surface area contributed by atoms with Crippen molar-refractivity contribution in [3.05, 3.63) is 0 Å². The summed E-state index contributed by atoms with van der Waals surface area (Å²) in [6.45, 7) is 11.8. The topological polar surface area (TPSA) is 40.1 Å². The number of hydrogen-bond acceptors (Lipinski definition) is 2. The molecule has 0 rings (SSSR count). The number of hydrogen-bond donors (Lipinski definition) is 0. The third kappa shape index (κ3) is 5.50. The molecule has 1 unspecified atom stereocenters. The predicted octanol–water partition coefficient (Wildman–Crippen LogP) is 1.13. The summed E-state index contributed by atoms with van der Waals surface area (Å²) in [6.07, 6.45) is 0. The van der Waals surface area contributed by atoms with Crippen molar-refractivity contribution >= 4 is 5.97 Å². The van der Waals surface area contributed by atoms with E-state index in [0.29, 0.717) is 12.5 Å². The van der Waals surface area contributed by atoms with E-state index in [9.17, 15) is 9.90 Å². The summed E-state index contributed by atoms with van der Waals surface area (Å²) < 4.78 is 0.730. The molecule has 0 radical (unpaired) electrons. The molecule has 16 heavy (non-hydrogen) atoms. The Morgan fingerprint density at radius 3 is 1.88 bits per heavy atom. The molecule has 0 saturated carbocycles. The number of carboxylic acids is 1. The zero-order valence-corrected chi connectivity index (χ0v) is 11.8. The first kappa shape index (κ1) is 15.4. The van der Waals surface area contributed by atoms with Crippen molar-refractivity contribution in [2.75, 3.05) is 27.2 Å². The molecular formula is C13H27NO2. The minimum atomic E-state index is -0.928. The van der Waals surface area contributed by atoms with Gasteiger partial charge < -0.3 is 14.4 Å². The molecule has 0 spiro atoms. The average molecular weight is 229 g/mol. The molecule has 0 aliphatic heterocycles. The van der Waals surface area contributed by atoms with Crippen LogP contribution in [0, 0.1) is 17.3 Å². The van der Waals surface area contributed by atoms with Gasteiger partial charge in [0.15, 0.2) is 0 Å². The first-order valence-electron chi connectivity index (χ1n) is 5.98. The van der Waals surface area contributed by atoms with Gasteiger partial charge in [0.25, 0.3) is 0 Å². The van der Waals surface area contributed by atoms with Gasteiger partial charge in [0.05, 0.1) is 39.1 Å². The standard InChI is InChI=1S/C13H27NO2/c1-10(2)8-14(6,7)9-11(12(15)16)13(3,4)5/h10-11H,8-9H2,1-7H3. The van der Waals surface area contributed by atoms with Crippen LogP contribution >= 0.6 is 0 Å². The van der Waals surface area contributed by atoms with Crippen LogP contribution in [-0.4, -0.2) is 37.6 Å². The van der Waals surface area contributed by atoms with Gasteiger partial charge in [-0.15, -0.1) is 0 Å². The van der Waals surface area contributed by atoms with E-state index < -0.39 is 11.9 Å². The van der Waals surface area contributed by atoms with Crippen LogP contribution in [0.1, 0.15) is 34.6 Å². The lowest BCUT2D eigenvalue weighted by atomic mass is 9.80. The molecule has 0 aromatic rings. The maximum Gasteiger partial charge on any atom is 0.0869 e. The molecule has 0 fully saturated rings. The number of carbonyl (C=O) groups excluding carboxylic acids is 1. The van der Waals surface area contributed by atoms with Crippen LogP contribution in [-0.2, 0) is 4.79 Å². The third-order valence-electron chi connectivity index (χ3n) is 2.87. The van der Waals surface area contributed by atoms with Gasteiger partial charge in [-0.3, -0.25) is 0 Å². The van der Waals surface area contributed by atoms with Crippen molar-refractivity contribution in [2.45, 2.75) is 34.6 Å². The second-order valence-electron chi connectivity index (χ2n) is 6.93. The lowest BCUT2D eigenvalue weighted by Gasteiger charge is -2.40. The highest BCUT2D eigenvalue weighted by Crippen LogP contribution is 2.27. The van der Waals surface area contributed by atoms with Crippen molar-refractivity contribution in [2.24, 2.45) is 17.3 Å². The smallest absolute Gasteiger partial charge is 0.0869 e. The molecule has 0 aliphatic rings. The Morgan fingerprint density at radius 2 is 1.62 bits per heavy atom. The van der Waals surface area contributed by atoms with Crippen LogP contribution < -0.4 is 5.11 Å². The zero-order chi connectivity index (χ0) is 13.1. The number of nitrogens with zero attached hydrogens (tertiary/aromatic N) is 1. The van der Waals surface area contributed by atoms with Gasteiger partial charge in [-0.1, -0.05) is 34.6 Å². The Balaban J connectivity index is 4.70. The van der Waals surface area contributed by atoms with Crippen molar-refractivity contribution < 1.29 is 14.4 Å². The molecular weight excluding hydrogens is 202 g/mol. The monoisotopic (exact) mass is 229 g/mol. The summed E-state index contributed by atoms with van der Waals surface area (Å²) in [5.41, 5.74) is -0.245. The summed E-state index contributed by atoms with van der Waals surface area (Å²) >= 11 is 0. The quantitative estimate of drug-likeness (QED) is 0.663. The SMILES string of the molecule is CC(C)C[N+](C)(C)CC(C(=O)[O-])C(C)(C)C. The van der Waals surface area contributed by atoms with Crippen LogP contribution in [0.4, 0.5) is 0 Å². The number of quaternary nitrogens is 1. The fourth-order valence-electron chi connectivity index (χ4n) is 2.26. The lowest BCUT2D eigenvalue weighted by Crippen LogP contribution is -2.53. The van der Waals surface area contributed by atoms with Crippen LogP contribution in [0.25, 0.3) is 0 Å². The molecule has 0 N–H and O–H groups in total. The highest BCUT2D eigenvalue weighted by Gasteiger charge is 2.32. The fourth-order valence-corrected chi connectivity index (χ4v) is 2.26. The second-order valence-corrected chi connectivity index (χ2v) is 6.93. The van der Waals surface area contributed by atoms with Crippen molar-refractivity contribution in [1.82, 2.24) is 0 Å². The van der Waals surface area contributed by atoms with Crippen LogP contribution in [0.2, 0.25) is 0 Å². The summed E-state index contributed by atoms with van der Waals surface area (Å²) in [4.78, 5) is 11.2. The number of carboxylic acid groups (broad SMARTS) is 1. The van der Waals surface area contributed by atoms with E-state index in [0.717, 1.165) is 11.0 Å². The van der Waals surface area contributed by atoms with Gasteiger partial charge in [0.1, 0.15) is 0 Å². The first-order chi connectivity index (χ1) is 6.96. The minimum absolute atomic E-state index is 0.245. The van der Waals surface area contributed by atoms with E-state index in [1.807, 2.05) is 20.8 Å². The normalized spacial score (nSPS) is 15.2. The van der Waals surface area contributed by atoms with E-state index in [1.165, 1.54) is 0 Å². The van der Waals surface area contributed by atoms with Gasteiger partial charge in [-0.05, 0) is 5.41 Å². The highest BCUT2D eigenvalue weighted by atomic mass is 16.4. The van der Waals surface area contributed by atoms with E-state index in [4.69, 9.17) is 0 Å². The maximum atomic E-state index is 11.2. The third-order valence-corrected chi connectivity index (χ3v) is 2.87. The molecule has 0 saturated heterocycles. The Bertz CT molecular complexity index is 239. The molecule has 0 aliphatic carbocycles. The molecule has 0 aromatic carbocycles. The summed E-state index contributed by atoms with van der Waals surface area (Å²) in [5.74, 6) is -0.763. The lowest BCUT2D eigenvalue weighted by molar-refractivity contribution is -0.896. The van der Waals surface area contributed by atoms with Crippen molar-refractivity contribution in [3.8, 4) is 0 Å². The number of rotatable bonds is 5. The Hall–Kier alpha value is -0.570. The van der Waals surface area contributed by atoms with Gasteiger partial charge in [0.2, 0.25) is 0 Å². The average Bonchev–Trinajstić information content (AvgIpc) is 1.94. The Labute approximate surface area is 100 Å². The summed E-state index contributed by atoms with van der Waals surface area (Å²) in [6, 6.07) is 0. The fraction of sp³-hybridized carbons (Fsp3) is 0.923. The molecule has 1 atom stereocenters. The molecule has 0 bridgehead atoms. The van der Waals surface area contributed by atoms with Gasteiger partial charge >= 0.3 is 0 Å². The molecule has 0 heterocycles. The van der Waals surface area contributed by atoms with Gasteiger partial charge in [-0.25, -0.2) is 0 Å². The highest BCUT2D eigenvalue weighted by molar-refractivity contribution is 5.68. The van der Waals surface area contributed by atoms with Crippen molar-refractivity contribution in [1.29, 1.82) is 0 Å². The van der Waals surface area contributed by atoms with Crippen LogP contribution in [0.5, 0.6) is 0 Å². The van der Waals surface area contributed by atoms with Gasteiger partial charge in [0, 0.05) is 5.92 Å². The van der Waals surface area contributed by atoms with E-state index >= 15 is 0 Å². The first-order valence-corrected chi connectivity index (χ1v) is 5.98. The molecule has 0 amide bonds. The van der Waals surface area contributed by atoms with E-state index in [1.54, 1.807) is 0 Å². The second kappa shape index (κ2) is 5.17. The largest absolute Gasteiger partial charge is 0.550 e. The predicted molar refractivity (Wildman–Crippen MR) is 64.6 cm³/mol. The van der Waals surface area contributed by atoms with E-state index in [2.05, 4.69) is 27.9 Å². The summed E-state index contributed by atoms with van der Waals surface area (Å²) in [5, 5.41) is 11.2. The van der Waals surface area contributed by atoms with Crippen LogP contribution in [0.15, 0.2) is 0 Å². The van der Waals surface area contributed by atoms with Crippen molar-refractivity contribution in [3.63, 3.8) is 0 Å².